The summed E-state index contributed by atoms with van der Waals surface area (Å²) in [5.41, 5.74) is 0.587. The van der Waals surface area contributed by atoms with E-state index in [0.29, 0.717) is 28.0 Å². The molecule has 2 aromatic carbocycles. The highest BCUT2D eigenvalue weighted by Crippen LogP contribution is 2.34. The summed E-state index contributed by atoms with van der Waals surface area (Å²) in [4.78, 5) is 12.9. The molecule has 0 radical (unpaired) electrons. The number of ether oxygens (including phenoxy) is 3. The summed E-state index contributed by atoms with van der Waals surface area (Å²) in [5, 5.41) is 3.06. The van der Waals surface area contributed by atoms with Crippen LogP contribution in [-0.4, -0.2) is 48.0 Å². The highest BCUT2D eigenvalue weighted by molar-refractivity contribution is 7.92. The number of halogens is 1. The lowest BCUT2D eigenvalue weighted by molar-refractivity contribution is -0.116. The molecule has 8 nitrogen and oxygen atoms in total. The van der Waals surface area contributed by atoms with Crippen molar-refractivity contribution in [3.63, 3.8) is 0 Å². The lowest BCUT2D eigenvalue weighted by Crippen LogP contribution is -2.45. The normalized spacial score (nSPS) is 12.1. The quantitative estimate of drug-likeness (QED) is 0.674. The molecule has 1 N–H and O–H groups in total. The fourth-order valence-corrected chi connectivity index (χ4v) is 4.12. The first-order valence-corrected chi connectivity index (χ1v) is 10.7. The molecule has 0 aliphatic heterocycles. The second-order valence-electron chi connectivity index (χ2n) is 6.11. The van der Waals surface area contributed by atoms with Crippen molar-refractivity contribution in [3.8, 4) is 17.2 Å². The molecule has 0 aromatic heterocycles. The van der Waals surface area contributed by atoms with Gasteiger partial charge in [0.2, 0.25) is 15.9 Å². The van der Waals surface area contributed by atoms with E-state index in [9.17, 15) is 13.2 Å². The Labute approximate surface area is 175 Å². The third-order valence-corrected chi connectivity index (χ3v) is 5.61. The summed E-state index contributed by atoms with van der Waals surface area (Å²) in [7, 11) is 0.560. The monoisotopic (exact) mass is 442 g/mol. The third-order valence-electron chi connectivity index (χ3n) is 4.13. The minimum Gasteiger partial charge on any atom is -0.495 e. The molecule has 0 heterocycles. The minimum atomic E-state index is -3.80. The Balaban J connectivity index is 2.41. The predicted octanol–water partition coefficient (Wildman–Crippen LogP) is 3.16. The van der Waals surface area contributed by atoms with Crippen LogP contribution in [0.25, 0.3) is 0 Å². The number of anilines is 2. The van der Waals surface area contributed by atoms with Gasteiger partial charge in [0.1, 0.15) is 11.8 Å². The van der Waals surface area contributed by atoms with Crippen LogP contribution in [0.15, 0.2) is 36.4 Å². The first-order chi connectivity index (χ1) is 13.6. The van der Waals surface area contributed by atoms with Gasteiger partial charge in [0.15, 0.2) is 11.5 Å². The van der Waals surface area contributed by atoms with Gasteiger partial charge in [-0.25, -0.2) is 8.42 Å². The molecule has 0 spiro atoms. The Morgan fingerprint density at radius 1 is 1.00 bits per heavy atom. The molecule has 1 unspecified atom stereocenters. The minimum absolute atomic E-state index is 0.255. The van der Waals surface area contributed by atoms with Crippen molar-refractivity contribution < 1.29 is 27.4 Å². The second kappa shape index (κ2) is 9.23. The third kappa shape index (κ3) is 5.24. The lowest BCUT2D eigenvalue weighted by atomic mass is 10.2. The van der Waals surface area contributed by atoms with E-state index < -0.39 is 22.0 Å². The van der Waals surface area contributed by atoms with Crippen LogP contribution in [0, 0.1) is 0 Å². The van der Waals surface area contributed by atoms with Gasteiger partial charge in [0.25, 0.3) is 0 Å². The molecule has 2 aromatic rings. The Kier molecular flexibility index (Phi) is 7.21. The van der Waals surface area contributed by atoms with Gasteiger partial charge in [-0.1, -0.05) is 11.6 Å². The number of hydrogen-bond acceptors (Lipinski definition) is 6. The summed E-state index contributed by atoms with van der Waals surface area (Å²) < 4.78 is 41.6. The van der Waals surface area contributed by atoms with Crippen molar-refractivity contribution in [1.82, 2.24) is 0 Å². The predicted molar refractivity (Wildman–Crippen MR) is 113 cm³/mol. The molecule has 2 rings (SSSR count). The molecule has 1 amide bonds. The molecule has 10 heteroatoms. The standard InChI is InChI=1S/C19H23ClN2O6S/c1-12(19(23)21-15-10-13(20)6-8-16(15)26-2)22(29(5,24)25)14-7-9-17(27-3)18(11-14)28-4/h6-12H,1-5H3,(H,21,23). The van der Waals surface area contributed by atoms with Gasteiger partial charge in [-0.2, -0.15) is 0 Å². The molecule has 0 saturated heterocycles. The van der Waals surface area contributed by atoms with E-state index in [0.717, 1.165) is 10.6 Å². The van der Waals surface area contributed by atoms with E-state index in [1.165, 1.54) is 46.5 Å². The van der Waals surface area contributed by atoms with Gasteiger partial charge in [0, 0.05) is 11.1 Å². The second-order valence-corrected chi connectivity index (χ2v) is 8.40. The van der Waals surface area contributed by atoms with Crippen molar-refractivity contribution in [2.75, 3.05) is 37.2 Å². The van der Waals surface area contributed by atoms with Crippen molar-refractivity contribution in [2.45, 2.75) is 13.0 Å². The van der Waals surface area contributed by atoms with E-state index in [1.807, 2.05) is 0 Å². The summed E-state index contributed by atoms with van der Waals surface area (Å²) in [6.45, 7) is 1.48. The first-order valence-electron chi connectivity index (χ1n) is 8.48. The maximum Gasteiger partial charge on any atom is 0.248 e. The molecule has 1 atom stereocenters. The van der Waals surface area contributed by atoms with Crippen LogP contribution in [0.4, 0.5) is 11.4 Å². The van der Waals surface area contributed by atoms with E-state index in [4.69, 9.17) is 25.8 Å². The molecular weight excluding hydrogens is 420 g/mol. The van der Waals surface area contributed by atoms with Crippen LogP contribution >= 0.6 is 11.6 Å². The molecule has 158 valence electrons. The fraction of sp³-hybridized carbons (Fsp3) is 0.316. The number of amides is 1. The van der Waals surface area contributed by atoms with Crippen molar-refractivity contribution in [1.29, 1.82) is 0 Å². The largest absolute Gasteiger partial charge is 0.495 e. The average molecular weight is 443 g/mol. The Bertz CT molecular complexity index is 996. The van der Waals surface area contributed by atoms with Gasteiger partial charge in [0.05, 0.1) is 39.0 Å². The zero-order chi connectivity index (χ0) is 21.8. The van der Waals surface area contributed by atoms with Crippen molar-refractivity contribution >= 4 is 38.9 Å². The first kappa shape index (κ1) is 22.6. The van der Waals surface area contributed by atoms with Gasteiger partial charge in [-0.15, -0.1) is 0 Å². The highest BCUT2D eigenvalue weighted by Gasteiger charge is 2.30. The maximum absolute atomic E-state index is 12.9. The van der Waals surface area contributed by atoms with Crippen LogP contribution in [-0.2, 0) is 14.8 Å². The number of sulfonamides is 1. The molecule has 0 aliphatic rings. The number of carbonyl (C=O) groups excluding carboxylic acids is 1. The molecule has 0 aliphatic carbocycles. The number of nitrogens with zero attached hydrogens (tertiary/aromatic N) is 1. The van der Waals surface area contributed by atoms with E-state index in [1.54, 1.807) is 18.2 Å². The maximum atomic E-state index is 12.9. The molecule has 0 bridgehead atoms. The van der Waals surface area contributed by atoms with Crippen LogP contribution in [0.5, 0.6) is 17.2 Å². The number of benzene rings is 2. The van der Waals surface area contributed by atoms with Gasteiger partial charge < -0.3 is 19.5 Å². The van der Waals surface area contributed by atoms with Gasteiger partial charge in [-0.05, 0) is 37.3 Å². The lowest BCUT2D eigenvalue weighted by Gasteiger charge is -2.29. The van der Waals surface area contributed by atoms with Crippen LogP contribution in [0.3, 0.4) is 0 Å². The fourth-order valence-electron chi connectivity index (χ4n) is 2.79. The summed E-state index contributed by atoms with van der Waals surface area (Å²) in [6, 6.07) is 8.25. The van der Waals surface area contributed by atoms with E-state index in [2.05, 4.69) is 5.32 Å². The Morgan fingerprint density at radius 2 is 1.59 bits per heavy atom. The van der Waals surface area contributed by atoms with Crippen LogP contribution < -0.4 is 23.8 Å². The number of rotatable bonds is 8. The van der Waals surface area contributed by atoms with Crippen molar-refractivity contribution in [3.05, 3.63) is 41.4 Å². The van der Waals surface area contributed by atoms with Crippen LogP contribution in [0.2, 0.25) is 5.02 Å². The molecule has 0 fully saturated rings. The van der Waals surface area contributed by atoms with E-state index in [-0.39, 0.29) is 5.69 Å². The number of hydrogen-bond donors (Lipinski definition) is 1. The van der Waals surface area contributed by atoms with Gasteiger partial charge >= 0.3 is 0 Å². The SMILES string of the molecule is COc1ccc(Cl)cc1NC(=O)C(C)N(c1ccc(OC)c(OC)c1)S(C)(=O)=O. The van der Waals surface area contributed by atoms with Crippen molar-refractivity contribution in [2.24, 2.45) is 0 Å². The summed E-state index contributed by atoms with van der Waals surface area (Å²) in [6.07, 6.45) is 1.02. The number of methoxy groups -OCH3 is 3. The molecular formula is C19H23ClN2O6S. The van der Waals surface area contributed by atoms with E-state index >= 15 is 0 Å². The zero-order valence-electron chi connectivity index (χ0n) is 16.7. The topological polar surface area (TPSA) is 94.2 Å². The zero-order valence-corrected chi connectivity index (χ0v) is 18.3. The molecule has 29 heavy (non-hydrogen) atoms. The van der Waals surface area contributed by atoms with Gasteiger partial charge in [-0.3, -0.25) is 9.10 Å². The summed E-state index contributed by atoms with van der Waals surface area (Å²) in [5.74, 6) is 0.603. The highest BCUT2D eigenvalue weighted by atomic mass is 35.5. The number of nitrogens with one attached hydrogen (secondary N) is 1. The Morgan fingerprint density at radius 3 is 2.14 bits per heavy atom. The Hall–Kier alpha value is -2.65. The molecule has 0 saturated carbocycles. The van der Waals surface area contributed by atoms with Crippen LogP contribution in [0.1, 0.15) is 6.92 Å². The number of carbonyl (C=O) groups is 1. The summed E-state index contributed by atoms with van der Waals surface area (Å²) >= 11 is 5.99. The smallest absolute Gasteiger partial charge is 0.248 e. The average Bonchev–Trinajstić information content (AvgIpc) is 2.67.